The van der Waals surface area contributed by atoms with Crippen LogP contribution in [0.4, 0.5) is 5.69 Å². The van der Waals surface area contributed by atoms with Crippen molar-refractivity contribution < 1.29 is 14.5 Å². The number of nitro groups is 1. The SMILES string of the molecule is COC(=O)C1=C(C)N=c2sc(=Cc3ccc(Cl)cc3)c(=O)n2C1c1ccc([N+](=O)[O-])cc1. The molecule has 2 aromatic carbocycles. The van der Waals surface area contributed by atoms with Crippen LogP contribution in [0, 0.1) is 10.1 Å². The molecule has 4 rings (SSSR count). The first kappa shape index (κ1) is 21.7. The summed E-state index contributed by atoms with van der Waals surface area (Å²) in [7, 11) is 1.25. The van der Waals surface area contributed by atoms with Gasteiger partial charge in [0.25, 0.3) is 11.2 Å². The van der Waals surface area contributed by atoms with Crippen LogP contribution in [0.1, 0.15) is 24.1 Å². The second-order valence-corrected chi connectivity index (χ2v) is 8.42. The number of hydrogen-bond acceptors (Lipinski definition) is 7. The molecule has 0 spiro atoms. The normalized spacial score (nSPS) is 15.8. The lowest BCUT2D eigenvalue weighted by Crippen LogP contribution is -2.39. The monoisotopic (exact) mass is 469 g/mol. The van der Waals surface area contributed by atoms with Crippen LogP contribution in [0.25, 0.3) is 6.08 Å². The predicted molar refractivity (Wildman–Crippen MR) is 120 cm³/mol. The lowest BCUT2D eigenvalue weighted by atomic mass is 9.96. The average molecular weight is 470 g/mol. The van der Waals surface area contributed by atoms with E-state index in [0.717, 1.165) is 5.56 Å². The highest BCUT2D eigenvalue weighted by Gasteiger charge is 2.33. The Balaban J connectivity index is 1.94. The number of halogens is 1. The molecule has 0 bridgehead atoms. The van der Waals surface area contributed by atoms with Crippen LogP contribution in [-0.2, 0) is 9.53 Å². The molecule has 0 saturated heterocycles. The molecule has 0 radical (unpaired) electrons. The van der Waals surface area contributed by atoms with E-state index in [1.54, 1.807) is 37.3 Å². The highest BCUT2D eigenvalue weighted by molar-refractivity contribution is 7.07. The first-order chi connectivity index (χ1) is 15.3. The molecule has 1 atom stereocenters. The maximum atomic E-state index is 13.4. The van der Waals surface area contributed by atoms with E-state index in [-0.39, 0.29) is 16.8 Å². The van der Waals surface area contributed by atoms with Crippen LogP contribution in [-0.4, -0.2) is 22.6 Å². The van der Waals surface area contributed by atoms with Gasteiger partial charge in [-0.3, -0.25) is 19.5 Å². The molecule has 162 valence electrons. The van der Waals surface area contributed by atoms with Gasteiger partial charge in [0.2, 0.25) is 0 Å². The van der Waals surface area contributed by atoms with Gasteiger partial charge in [0.1, 0.15) is 0 Å². The highest BCUT2D eigenvalue weighted by Crippen LogP contribution is 2.31. The maximum absolute atomic E-state index is 13.4. The zero-order valence-corrected chi connectivity index (χ0v) is 18.5. The van der Waals surface area contributed by atoms with E-state index >= 15 is 0 Å². The van der Waals surface area contributed by atoms with Crippen molar-refractivity contribution >= 4 is 40.7 Å². The number of allylic oxidation sites excluding steroid dienone is 1. The molecule has 1 aliphatic heterocycles. The van der Waals surface area contributed by atoms with E-state index in [9.17, 15) is 19.7 Å². The van der Waals surface area contributed by atoms with Gasteiger partial charge in [-0.05, 0) is 48.4 Å². The summed E-state index contributed by atoms with van der Waals surface area (Å²) in [6.07, 6.45) is 1.73. The molecule has 0 N–H and O–H groups in total. The number of hydrogen-bond donors (Lipinski definition) is 0. The summed E-state index contributed by atoms with van der Waals surface area (Å²) in [5.74, 6) is -0.624. The lowest BCUT2D eigenvalue weighted by molar-refractivity contribution is -0.384. The fourth-order valence-electron chi connectivity index (χ4n) is 3.50. The number of aromatic nitrogens is 1. The fraction of sp³-hybridized carbons (Fsp3) is 0.136. The number of nitrogens with zero attached hydrogens (tertiary/aromatic N) is 3. The molecule has 0 fully saturated rings. The zero-order chi connectivity index (χ0) is 23.0. The van der Waals surface area contributed by atoms with Crippen molar-refractivity contribution in [3.05, 3.63) is 106 Å². The van der Waals surface area contributed by atoms with Gasteiger partial charge in [-0.1, -0.05) is 35.1 Å². The van der Waals surface area contributed by atoms with Gasteiger partial charge in [0.05, 0.1) is 33.9 Å². The van der Waals surface area contributed by atoms with Crippen molar-refractivity contribution in [1.82, 2.24) is 4.57 Å². The smallest absolute Gasteiger partial charge is 0.338 e. The Bertz CT molecular complexity index is 1440. The second kappa shape index (κ2) is 8.52. The summed E-state index contributed by atoms with van der Waals surface area (Å²) in [6, 6.07) is 11.9. The molecule has 10 heteroatoms. The van der Waals surface area contributed by atoms with Crippen LogP contribution < -0.4 is 14.9 Å². The number of thiazole rings is 1. The fourth-order valence-corrected chi connectivity index (χ4v) is 4.67. The number of carbonyl (C=O) groups is 1. The Hall–Kier alpha value is -3.56. The number of fused-ring (bicyclic) bond motifs is 1. The zero-order valence-electron chi connectivity index (χ0n) is 16.9. The Kier molecular flexibility index (Phi) is 5.77. The largest absolute Gasteiger partial charge is 0.466 e. The standard InChI is InChI=1S/C22H16ClN3O5S/c1-12-18(21(28)31-2)19(14-5-9-16(10-6-14)26(29)30)25-20(27)17(32-22(25)24-12)11-13-3-7-15(23)8-4-13/h3-11,19H,1-2H3. The third kappa shape index (κ3) is 3.88. The van der Waals surface area contributed by atoms with E-state index in [0.29, 0.717) is 25.6 Å². The Morgan fingerprint density at radius 3 is 2.47 bits per heavy atom. The number of methoxy groups -OCH3 is 1. The van der Waals surface area contributed by atoms with E-state index in [4.69, 9.17) is 16.3 Å². The molecule has 32 heavy (non-hydrogen) atoms. The number of benzene rings is 2. The van der Waals surface area contributed by atoms with E-state index in [1.807, 2.05) is 0 Å². The Morgan fingerprint density at radius 1 is 1.22 bits per heavy atom. The molecular weight excluding hydrogens is 454 g/mol. The number of non-ortho nitro benzene ring substituents is 1. The number of carbonyl (C=O) groups excluding carboxylic acids is 1. The van der Waals surface area contributed by atoms with Gasteiger partial charge in [0, 0.05) is 17.2 Å². The predicted octanol–water partition coefficient (Wildman–Crippen LogP) is 2.97. The minimum absolute atomic E-state index is 0.0933. The molecule has 8 nitrogen and oxygen atoms in total. The minimum atomic E-state index is -0.827. The Morgan fingerprint density at radius 2 is 1.88 bits per heavy atom. The molecule has 2 heterocycles. The molecule has 3 aromatic rings. The average Bonchev–Trinajstić information content (AvgIpc) is 3.08. The van der Waals surface area contributed by atoms with Crippen molar-refractivity contribution in [2.45, 2.75) is 13.0 Å². The molecule has 1 unspecified atom stereocenters. The highest BCUT2D eigenvalue weighted by atomic mass is 35.5. The van der Waals surface area contributed by atoms with Gasteiger partial charge in [0.15, 0.2) is 4.80 Å². The molecule has 1 aromatic heterocycles. The summed E-state index contributed by atoms with van der Waals surface area (Å²) in [5.41, 5.74) is 1.51. The third-order valence-electron chi connectivity index (χ3n) is 5.01. The van der Waals surface area contributed by atoms with E-state index in [1.165, 1.54) is 47.3 Å². The topological polar surface area (TPSA) is 104 Å². The van der Waals surface area contributed by atoms with Gasteiger partial charge in [-0.15, -0.1) is 0 Å². The van der Waals surface area contributed by atoms with Crippen LogP contribution in [0.15, 0.2) is 69.6 Å². The molecule has 0 aliphatic carbocycles. The Labute approximate surface area is 190 Å². The summed E-state index contributed by atoms with van der Waals surface area (Å²) in [6.45, 7) is 1.67. The quantitative estimate of drug-likeness (QED) is 0.332. The summed E-state index contributed by atoms with van der Waals surface area (Å²) >= 11 is 7.13. The van der Waals surface area contributed by atoms with Crippen molar-refractivity contribution in [3.63, 3.8) is 0 Å². The molecule has 1 aliphatic rings. The molecular formula is C22H16ClN3O5S. The van der Waals surface area contributed by atoms with Crippen LogP contribution in [0.5, 0.6) is 0 Å². The molecule has 0 saturated carbocycles. The minimum Gasteiger partial charge on any atom is -0.466 e. The summed E-state index contributed by atoms with van der Waals surface area (Å²) in [4.78, 5) is 41.4. The van der Waals surface area contributed by atoms with E-state index < -0.39 is 16.9 Å². The van der Waals surface area contributed by atoms with Gasteiger partial charge >= 0.3 is 5.97 Å². The summed E-state index contributed by atoms with van der Waals surface area (Å²) < 4.78 is 6.80. The third-order valence-corrected chi connectivity index (χ3v) is 6.25. The van der Waals surface area contributed by atoms with Crippen molar-refractivity contribution in [3.8, 4) is 0 Å². The number of rotatable bonds is 4. The van der Waals surface area contributed by atoms with Crippen LogP contribution in [0.2, 0.25) is 5.02 Å². The van der Waals surface area contributed by atoms with Gasteiger partial charge in [-0.2, -0.15) is 0 Å². The van der Waals surface area contributed by atoms with Gasteiger partial charge < -0.3 is 4.74 Å². The first-order valence-corrected chi connectivity index (χ1v) is 10.6. The number of nitro benzene ring substituents is 1. The van der Waals surface area contributed by atoms with Crippen molar-refractivity contribution in [1.29, 1.82) is 0 Å². The molecule has 0 amide bonds. The van der Waals surface area contributed by atoms with Crippen LogP contribution >= 0.6 is 22.9 Å². The van der Waals surface area contributed by atoms with Crippen molar-refractivity contribution in [2.24, 2.45) is 4.99 Å². The number of ether oxygens (including phenoxy) is 1. The van der Waals surface area contributed by atoms with Gasteiger partial charge in [-0.25, -0.2) is 9.79 Å². The lowest BCUT2D eigenvalue weighted by Gasteiger charge is -2.24. The maximum Gasteiger partial charge on any atom is 0.338 e. The second-order valence-electron chi connectivity index (χ2n) is 6.97. The first-order valence-electron chi connectivity index (χ1n) is 9.41. The summed E-state index contributed by atoms with van der Waals surface area (Å²) in [5, 5.41) is 11.6. The number of esters is 1. The van der Waals surface area contributed by atoms with E-state index in [2.05, 4.69) is 4.99 Å². The van der Waals surface area contributed by atoms with Crippen molar-refractivity contribution in [2.75, 3.05) is 7.11 Å². The van der Waals surface area contributed by atoms with Crippen LogP contribution in [0.3, 0.4) is 0 Å².